The lowest BCUT2D eigenvalue weighted by atomic mass is 10.1. The van der Waals surface area contributed by atoms with E-state index in [2.05, 4.69) is 0 Å². The van der Waals surface area contributed by atoms with Gasteiger partial charge in [0.2, 0.25) is 0 Å². The third kappa shape index (κ3) is 2.46. The predicted molar refractivity (Wildman–Crippen MR) is 52.9 cm³/mol. The van der Waals surface area contributed by atoms with Crippen molar-refractivity contribution in [2.24, 2.45) is 0 Å². The van der Waals surface area contributed by atoms with E-state index in [1.807, 2.05) is 39.0 Å². The molecule has 0 amide bonds. The number of hydrogen-bond donors (Lipinski definition) is 1. The monoisotopic (exact) mass is 180 g/mol. The van der Waals surface area contributed by atoms with Crippen LogP contribution in [0.5, 0.6) is 5.75 Å². The zero-order valence-electron chi connectivity index (χ0n) is 8.37. The summed E-state index contributed by atoms with van der Waals surface area (Å²) in [5.41, 5.74) is 1.96. The van der Waals surface area contributed by atoms with Gasteiger partial charge in [0.25, 0.3) is 0 Å². The van der Waals surface area contributed by atoms with Crippen molar-refractivity contribution in [2.45, 2.75) is 33.5 Å². The van der Waals surface area contributed by atoms with E-state index in [1.54, 1.807) is 0 Å². The molecule has 0 saturated heterocycles. The van der Waals surface area contributed by atoms with Crippen molar-refractivity contribution in [3.63, 3.8) is 0 Å². The molecule has 0 atom stereocenters. The molecule has 2 heteroatoms. The summed E-state index contributed by atoms with van der Waals surface area (Å²) in [6.45, 7) is 6.01. The van der Waals surface area contributed by atoms with Gasteiger partial charge in [-0.1, -0.05) is 12.1 Å². The van der Waals surface area contributed by atoms with Crippen molar-refractivity contribution in [3.05, 3.63) is 29.3 Å². The topological polar surface area (TPSA) is 29.5 Å². The molecule has 0 unspecified atom stereocenters. The van der Waals surface area contributed by atoms with Gasteiger partial charge in [0.05, 0.1) is 12.7 Å². The lowest BCUT2D eigenvalue weighted by molar-refractivity contribution is 0.238. The van der Waals surface area contributed by atoms with Gasteiger partial charge < -0.3 is 9.84 Å². The van der Waals surface area contributed by atoms with Crippen molar-refractivity contribution in [1.29, 1.82) is 0 Å². The molecule has 0 aliphatic rings. The quantitative estimate of drug-likeness (QED) is 0.773. The molecule has 2 nitrogen and oxygen atoms in total. The van der Waals surface area contributed by atoms with Crippen LogP contribution in [-0.4, -0.2) is 11.2 Å². The van der Waals surface area contributed by atoms with Crippen LogP contribution in [0.15, 0.2) is 18.2 Å². The highest BCUT2D eigenvalue weighted by molar-refractivity contribution is 5.38. The minimum Gasteiger partial charge on any atom is -0.491 e. The average molecular weight is 180 g/mol. The first-order valence-electron chi connectivity index (χ1n) is 4.51. The maximum atomic E-state index is 9.02. The Balaban J connectivity index is 2.94. The number of benzene rings is 1. The molecule has 0 spiro atoms. The molecule has 0 radical (unpaired) electrons. The highest BCUT2D eigenvalue weighted by Crippen LogP contribution is 2.22. The minimum atomic E-state index is 0.0706. The van der Waals surface area contributed by atoms with Crippen LogP contribution in [0.3, 0.4) is 0 Å². The molecule has 72 valence electrons. The van der Waals surface area contributed by atoms with E-state index in [-0.39, 0.29) is 12.7 Å². The van der Waals surface area contributed by atoms with Gasteiger partial charge in [-0.3, -0.25) is 0 Å². The van der Waals surface area contributed by atoms with Gasteiger partial charge in [-0.2, -0.15) is 0 Å². The molecular weight excluding hydrogens is 164 g/mol. The molecule has 0 heterocycles. The van der Waals surface area contributed by atoms with E-state index in [0.29, 0.717) is 0 Å². The fourth-order valence-corrected chi connectivity index (χ4v) is 1.21. The fraction of sp³-hybridized carbons (Fsp3) is 0.455. The van der Waals surface area contributed by atoms with Gasteiger partial charge >= 0.3 is 0 Å². The molecule has 1 rings (SSSR count). The van der Waals surface area contributed by atoms with Crippen molar-refractivity contribution in [1.82, 2.24) is 0 Å². The molecular formula is C11H16O2. The van der Waals surface area contributed by atoms with E-state index in [1.165, 1.54) is 0 Å². The Morgan fingerprint density at radius 1 is 1.38 bits per heavy atom. The zero-order chi connectivity index (χ0) is 9.84. The van der Waals surface area contributed by atoms with Crippen LogP contribution < -0.4 is 4.74 Å². The molecule has 1 aromatic carbocycles. The maximum absolute atomic E-state index is 9.02. The highest BCUT2D eigenvalue weighted by Gasteiger charge is 2.04. The molecule has 13 heavy (non-hydrogen) atoms. The Bertz CT molecular complexity index is 279. The number of ether oxygens (including phenoxy) is 1. The Morgan fingerprint density at radius 2 is 2.08 bits per heavy atom. The van der Waals surface area contributed by atoms with Crippen LogP contribution in [0.1, 0.15) is 25.0 Å². The minimum absolute atomic E-state index is 0.0706. The van der Waals surface area contributed by atoms with Crippen LogP contribution in [0.2, 0.25) is 0 Å². The summed E-state index contributed by atoms with van der Waals surface area (Å²) in [5, 5.41) is 9.02. The van der Waals surface area contributed by atoms with Gasteiger partial charge in [0.1, 0.15) is 5.75 Å². The van der Waals surface area contributed by atoms with E-state index in [9.17, 15) is 0 Å². The van der Waals surface area contributed by atoms with E-state index in [4.69, 9.17) is 9.84 Å². The van der Waals surface area contributed by atoms with Crippen LogP contribution in [0.25, 0.3) is 0 Å². The van der Waals surface area contributed by atoms with E-state index >= 15 is 0 Å². The fourth-order valence-electron chi connectivity index (χ4n) is 1.21. The summed E-state index contributed by atoms with van der Waals surface area (Å²) < 4.78 is 5.58. The Hall–Kier alpha value is -1.02. The number of aliphatic hydroxyl groups excluding tert-OH is 1. The molecule has 0 fully saturated rings. The normalized spacial score (nSPS) is 10.5. The summed E-state index contributed by atoms with van der Waals surface area (Å²) in [7, 11) is 0. The van der Waals surface area contributed by atoms with Crippen LogP contribution in [0, 0.1) is 6.92 Å². The van der Waals surface area contributed by atoms with Gasteiger partial charge in [-0.15, -0.1) is 0 Å². The average Bonchev–Trinajstić information content (AvgIpc) is 2.08. The lowest BCUT2D eigenvalue weighted by Gasteiger charge is -2.13. The third-order valence-electron chi connectivity index (χ3n) is 1.93. The molecule has 0 aliphatic carbocycles. The molecule has 0 aromatic heterocycles. The second-order valence-electron chi connectivity index (χ2n) is 3.36. The maximum Gasteiger partial charge on any atom is 0.122 e. The van der Waals surface area contributed by atoms with Gasteiger partial charge in [0, 0.05) is 0 Å². The third-order valence-corrected chi connectivity index (χ3v) is 1.93. The molecule has 1 aromatic rings. The molecule has 0 bridgehead atoms. The van der Waals surface area contributed by atoms with Gasteiger partial charge in [0.15, 0.2) is 0 Å². The lowest BCUT2D eigenvalue weighted by Crippen LogP contribution is -2.07. The van der Waals surface area contributed by atoms with Crippen molar-refractivity contribution < 1.29 is 9.84 Å². The van der Waals surface area contributed by atoms with E-state index in [0.717, 1.165) is 16.9 Å². The summed E-state index contributed by atoms with van der Waals surface area (Å²) >= 11 is 0. The summed E-state index contributed by atoms with van der Waals surface area (Å²) in [4.78, 5) is 0. The zero-order valence-corrected chi connectivity index (χ0v) is 8.37. The van der Waals surface area contributed by atoms with Crippen molar-refractivity contribution >= 4 is 0 Å². The molecule has 0 aliphatic heterocycles. The van der Waals surface area contributed by atoms with Crippen molar-refractivity contribution in [2.75, 3.05) is 0 Å². The SMILES string of the molecule is Cc1c(CO)cccc1OC(C)C. The smallest absolute Gasteiger partial charge is 0.122 e. The van der Waals surface area contributed by atoms with Gasteiger partial charge in [-0.25, -0.2) is 0 Å². The molecule has 1 N–H and O–H groups in total. The standard InChI is InChI=1S/C11H16O2/c1-8(2)13-11-6-4-5-10(7-12)9(11)3/h4-6,8,12H,7H2,1-3H3. The summed E-state index contributed by atoms with van der Waals surface area (Å²) in [5.74, 6) is 0.863. The number of aliphatic hydroxyl groups is 1. The second kappa shape index (κ2) is 4.28. The van der Waals surface area contributed by atoms with Crippen molar-refractivity contribution in [3.8, 4) is 5.75 Å². The first-order chi connectivity index (χ1) is 6.15. The first kappa shape index (κ1) is 10.1. The van der Waals surface area contributed by atoms with Crippen LogP contribution >= 0.6 is 0 Å². The summed E-state index contributed by atoms with van der Waals surface area (Å²) in [6, 6.07) is 5.73. The largest absolute Gasteiger partial charge is 0.491 e. The Kier molecular flexibility index (Phi) is 3.32. The second-order valence-corrected chi connectivity index (χ2v) is 3.36. The van der Waals surface area contributed by atoms with Gasteiger partial charge in [-0.05, 0) is 38.0 Å². The van der Waals surface area contributed by atoms with E-state index < -0.39 is 0 Å². The number of rotatable bonds is 3. The predicted octanol–water partition coefficient (Wildman–Crippen LogP) is 2.27. The summed E-state index contributed by atoms with van der Waals surface area (Å²) in [6.07, 6.45) is 0.174. The molecule has 0 saturated carbocycles. The highest BCUT2D eigenvalue weighted by atomic mass is 16.5. The Labute approximate surface area is 79.2 Å². The van der Waals surface area contributed by atoms with Crippen LogP contribution in [0.4, 0.5) is 0 Å². The van der Waals surface area contributed by atoms with Crippen LogP contribution in [-0.2, 0) is 6.61 Å². The Morgan fingerprint density at radius 3 is 2.62 bits per heavy atom. The number of hydrogen-bond acceptors (Lipinski definition) is 2. The first-order valence-corrected chi connectivity index (χ1v) is 4.51.